The third kappa shape index (κ3) is 6.96. The van der Waals surface area contributed by atoms with Crippen molar-refractivity contribution < 1.29 is 14.3 Å². The molecule has 2 aromatic rings. The van der Waals surface area contributed by atoms with Crippen molar-refractivity contribution in [3.63, 3.8) is 0 Å². The van der Waals surface area contributed by atoms with Gasteiger partial charge in [-0.25, -0.2) is 0 Å². The molecule has 2 atom stereocenters. The molecule has 0 fully saturated rings. The number of aromatic nitrogens is 3. The van der Waals surface area contributed by atoms with Gasteiger partial charge in [-0.15, -0.1) is 10.2 Å². The summed E-state index contributed by atoms with van der Waals surface area (Å²) >= 11 is 1.40. The molecule has 0 radical (unpaired) electrons. The number of hydrogen-bond acceptors (Lipinski definition) is 6. The van der Waals surface area contributed by atoms with Gasteiger partial charge < -0.3 is 19.4 Å². The molecule has 1 N–H and O–H groups in total. The summed E-state index contributed by atoms with van der Waals surface area (Å²) in [7, 11) is 1.63. The van der Waals surface area contributed by atoms with Crippen molar-refractivity contribution in [2.75, 3.05) is 12.9 Å². The molecule has 0 aliphatic carbocycles. The highest BCUT2D eigenvalue weighted by molar-refractivity contribution is 7.99. The maximum Gasteiger partial charge on any atom is 0.230 e. The van der Waals surface area contributed by atoms with Crippen LogP contribution in [-0.2, 0) is 11.3 Å². The average Bonchev–Trinajstić information content (AvgIpc) is 3.08. The van der Waals surface area contributed by atoms with E-state index in [2.05, 4.69) is 33.9 Å². The van der Waals surface area contributed by atoms with Gasteiger partial charge in [0.25, 0.3) is 0 Å². The quantitative estimate of drug-likeness (QED) is 0.552. The summed E-state index contributed by atoms with van der Waals surface area (Å²) in [4.78, 5) is 12.1. The van der Waals surface area contributed by atoms with Gasteiger partial charge in [-0.1, -0.05) is 38.6 Å². The SMILES string of the molecule is CCC(C)NC(=O)CSc1nnc(C(C)Oc2cccc(OC)c2)n1CC(C)C. The second-order valence-corrected chi connectivity index (χ2v) is 8.39. The first kappa shape index (κ1) is 23.1. The number of ether oxygens (including phenoxy) is 2. The molecule has 2 rings (SSSR count). The fourth-order valence-corrected chi connectivity index (χ4v) is 3.49. The fourth-order valence-electron chi connectivity index (χ4n) is 2.72. The van der Waals surface area contributed by atoms with Crippen molar-refractivity contribution in [1.29, 1.82) is 0 Å². The van der Waals surface area contributed by atoms with E-state index in [1.54, 1.807) is 7.11 Å². The van der Waals surface area contributed by atoms with E-state index in [1.165, 1.54) is 11.8 Å². The number of nitrogens with zero attached hydrogens (tertiary/aromatic N) is 3. The standard InChI is InChI=1S/C21H32N4O3S/c1-7-15(4)22-19(26)13-29-21-24-23-20(25(21)12-14(2)3)16(5)28-18-10-8-9-17(11-18)27-6/h8-11,14-16H,7,12-13H2,1-6H3,(H,22,26). The number of carbonyl (C=O) groups excluding carboxylic acids is 1. The lowest BCUT2D eigenvalue weighted by Crippen LogP contribution is -2.33. The van der Waals surface area contributed by atoms with Gasteiger partial charge in [0.05, 0.1) is 12.9 Å². The Morgan fingerprint density at radius 2 is 1.93 bits per heavy atom. The van der Waals surface area contributed by atoms with Gasteiger partial charge >= 0.3 is 0 Å². The average molecular weight is 421 g/mol. The van der Waals surface area contributed by atoms with E-state index in [4.69, 9.17) is 9.47 Å². The lowest BCUT2D eigenvalue weighted by Gasteiger charge is -2.18. The lowest BCUT2D eigenvalue weighted by molar-refractivity contribution is -0.119. The van der Waals surface area contributed by atoms with Gasteiger partial charge in [0, 0.05) is 18.7 Å². The molecule has 7 nitrogen and oxygen atoms in total. The van der Waals surface area contributed by atoms with Crippen molar-refractivity contribution in [3.05, 3.63) is 30.1 Å². The highest BCUT2D eigenvalue weighted by Gasteiger charge is 2.21. The Morgan fingerprint density at radius 1 is 1.21 bits per heavy atom. The normalized spacial score (nSPS) is 13.2. The number of rotatable bonds is 11. The Hall–Kier alpha value is -2.22. The zero-order valence-corrected chi connectivity index (χ0v) is 19.0. The number of methoxy groups -OCH3 is 1. The van der Waals surface area contributed by atoms with E-state index >= 15 is 0 Å². The number of amides is 1. The second-order valence-electron chi connectivity index (χ2n) is 7.45. The number of thioether (sulfide) groups is 1. The Morgan fingerprint density at radius 3 is 2.59 bits per heavy atom. The van der Waals surface area contributed by atoms with Crippen LogP contribution in [0.25, 0.3) is 0 Å². The number of nitrogens with one attached hydrogen (secondary N) is 1. The number of carbonyl (C=O) groups is 1. The van der Waals surface area contributed by atoms with Crippen LogP contribution >= 0.6 is 11.8 Å². The monoisotopic (exact) mass is 420 g/mol. The Kier molecular flexibility index (Phi) is 8.82. The number of hydrogen-bond donors (Lipinski definition) is 1. The predicted octanol–water partition coefficient (Wildman–Crippen LogP) is 4.09. The minimum Gasteiger partial charge on any atom is -0.497 e. The smallest absolute Gasteiger partial charge is 0.230 e. The van der Waals surface area contributed by atoms with Crippen LogP contribution in [0.15, 0.2) is 29.4 Å². The molecule has 1 heterocycles. The van der Waals surface area contributed by atoms with Crippen LogP contribution in [0.5, 0.6) is 11.5 Å². The summed E-state index contributed by atoms with van der Waals surface area (Å²) in [6.45, 7) is 11.0. The van der Waals surface area contributed by atoms with E-state index in [9.17, 15) is 4.79 Å². The molecule has 1 aromatic carbocycles. The van der Waals surface area contributed by atoms with Crippen molar-refractivity contribution in [3.8, 4) is 11.5 Å². The number of benzene rings is 1. The van der Waals surface area contributed by atoms with Crippen LogP contribution in [-0.4, -0.2) is 39.6 Å². The molecule has 1 amide bonds. The molecule has 0 bridgehead atoms. The van der Waals surface area contributed by atoms with E-state index in [-0.39, 0.29) is 18.1 Å². The summed E-state index contributed by atoms with van der Waals surface area (Å²) in [6.07, 6.45) is 0.611. The maximum absolute atomic E-state index is 12.1. The minimum absolute atomic E-state index is 0.00526. The lowest BCUT2D eigenvalue weighted by atomic mass is 10.2. The molecule has 29 heavy (non-hydrogen) atoms. The molecule has 0 aliphatic rings. The first-order chi connectivity index (χ1) is 13.8. The van der Waals surface area contributed by atoms with E-state index in [1.807, 2.05) is 45.0 Å². The topological polar surface area (TPSA) is 78.3 Å². The van der Waals surface area contributed by atoms with Gasteiger partial charge in [0.15, 0.2) is 17.1 Å². The Balaban J connectivity index is 2.13. The Labute approximate surface area is 177 Å². The summed E-state index contributed by atoms with van der Waals surface area (Å²) < 4.78 is 13.4. The molecular weight excluding hydrogens is 388 g/mol. The maximum atomic E-state index is 12.1. The molecule has 0 saturated carbocycles. The van der Waals surface area contributed by atoms with Crippen LogP contribution in [0.4, 0.5) is 0 Å². The van der Waals surface area contributed by atoms with Crippen molar-refractivity contribution in [2.45, 2.75) is 64.9 Å². The summed E-state index contributed by atoms with van der Waals surface area (Å²) in [6, 6.07) is 7.66. The summed E-state index contributed by atoms with van der Waals surface area (Å²) in [5, 5.41) is 12.4. The predicted molar refractivity (Wildman–Crippen MR) is 116 cm³/mol. The van der Waals surface area contributed by atoms with Crippen molar-refractivity contribution >= 4 is 17.7 Å². The molecule has 8 heteroatoms. The van der Waals surface area contributed by atoms with Gasteiger partial charge in [0.1, 0.15) is 11.5 Å². The van der Waals surface area contributed by atoms with E-state index in [0.29, 0.717) is 17.4 Å². The summed E-state index contributed by atoms with van der Waals surface area (Å²) in [5.41, 5.74) is 0. The van der Waals surface area contributed by atoms with Gasteiger partial charge in [-0.3, -0.25) is 4.79 Å². The van der Waals surface area contributed by atoms with Crippen molar-refractivity contribution in [2.24, 2.45) is 5.92 Å². The van der Waals surface area contributed by atoms with E-state index in [0.717, 1.165) is 29.7 Å². The molecule has 0 aliphatic heterocycles. The summed E-state index contributed by atoms with van der Waals surface area (Å²) in [5.74, 6) is 2.91. The van der Waals surface area contributed by atoms with Crippen LogP contribution in [0, 0.1) is 5.92 Å². The molecule has 1 aromatic heterocycles. The molecule has 160 valence electrons. The van der Waals surface area contributed by atoms with Gasteiger partial charge in [-0.05, 0) is 38.3 Å². The third-order valence-electron chi connectivity index (χ3n) is 4.36. The van der Waals surface area contributed by atoms with Crippen LogP contribution in [0.2, 0.25) is 0 Å². The Bertz CT molecular complexity index is 794. The molecule has 2 unspecified atom stereocenters. The highest BCUT2D eigenvalue weighted by atomic mass is 32.2. The first-order valence-corrected chi connectivity index (χ1v) is 11.0. The zero-order valence-electron chi connectivity index (χ0n) is 18.1. The minimum atomic E-state index is -0.295. The van der Waals surface area contributed by atoms with Crippen LogP contribution in [0.3, 0.4) is 0 Å². The molecule has 0 spiro atoms. The molecule has 0 saturated heterocycles. The molecular formula is C21H32N4O3S. The third-order valence-corrected chi connectivity index (χ3v) is 5.33. The fraction of sp³-hybridized carbons (Fsp3) is 0.571. The zero-order chi connectivity index (χ0) is 21.4. The second kappa shape index (κ2) is 11.1. The highest BCUT2D eigenvalue weighted by Crippen LogP contribution is 2.27. The largest absolute Gasteiger partial charge is 0.497 e. The van der Waals surface area contributed by atoms with Gasteiger partial charge in [0.2, 0.25) is 5.91 Å². The van der Waals surface area contributed by atoms with Gasteiger partial charge in [-0.2, -0.15) is 0 Å². The van der Waals surface area contributed by atoms with Crippen LogP contribution < -0.4 is 14.8 Å². The first-order valence-electron chi connectivity index (χ1n) is 10.00. The van der Waals surface area contributed by atoms with E-state index < -0.39 is 0 Å². The van der Waals surface area contributed by atoms with Crippen LogP contribution in [0.1, 0.15) is 53.0 Å². The van der Waals surface area contributed by atoms with Crippen molar-refractivity contribution in [1.82, 2.24) is 20.1 Å².